The average molecular weight is 400 g/mol. The first-order valence-corrected chi connectivity index (χ1v) is 13.0. The van der Waals surface area contributed by atoms with E-state index in [2.05, 4.69) is 83.8 Å². The van der Waals surface area contributed by atoms with E-state index in [0.717, 1.165) is 27.7 Å². The maximum Gasteiger partial charge on any atom is 0.192 e. The van der Waals surface area contributed by atoms with Crippen molar-refractivity contribution in [1.82, 2.24) is 4.57 Å². The number of nitrogens with zero attached hydrogens (tertiary/aromatic N) is 1. The maximum absolute atomic E-state index is 10.7. The van der Waals surface area contributed by atoms with Crippen molar-refractivity contribution in [3.8, 4) is 0 Å². The van der Waals surface area contributed by atoms with Gasteiger partial charge < -0.3 is 14.1 Å². The molecule has 2 unspecified atom stereocenters. The highest BCUT2D eigenvalue weighted by Crippen LogP contribution is 2.37. The lowest BCUT2D eigenvalue weighted by Crippen LogP contribution is -2.40. The van der Waals surface area contributed by atoms with Crippen LogP contribution in [0.15, 0.2) is 37.4 Å². The molecular formula is C24H37NO2Si. The van der Waals surface area contributed by atoms with E-state index in [-0.39, 0.29) is 11.0 Å². The van der Waals surface area contributed by atoms with Gasteiger partial charge in [-0.3, -0.25) is 0 Å². The summed E-state index contributed by atoms with van der Waals surface area (Å²) < 4.78 is 8.62. The molecule has 2 rings (SSSR count). The first-order valence-electron chi connectivity index (χ1n) is 10.1. The zero-order valence-corrected chi connectivity index (χ0v) is 19.7. The number of aliphatic hydroxyl groups excluding tert-OH is 1. The molecule has 0 spiro atoms. The molecule has 2 atom stereocenters. The van der Waals surface area contributed by atoms with Crippen molar-refractivity contribution in [2.24, 2.45) is 13.0 Å². The molecule has 2 aromatic rings. The fraction of sp³-hybridized carbons (Fsp3) is 0.500. The standard InChI is InChI=1S/C24H37NO2Si/c1-10-17(3)12-23(26)21-14-19-13-20(16-27-28(8,9)24(4,5)6)25(7)22(19)15-18(21)11-2/h10-11,13-15,17,23,26H,1-2,12,16H2,3-9H3. The molecule has 0 fully saturated rings. The number of benzene rings is 1. The molecule has 0 bridgehead atoms. The van der Waals surface area contributed by atoms with Crippen LogP contribution in [0.3, 0.4) is 0 Å². The number of hydrogen-bond acceptors (Lipinski definition) is 2. The summed E-state index contributed by atoms with van der Waals surface area (Å²) in [4.78, 5) is 0. The van der Waals surface area contributed by atoms with E-state index in [9.17, 15) is 5.11 Å². The van der Waals surface area contributed by atoms with Crippen molar-refractivity contribution < 1.29 is 9.53 Å². The molecule has 1 aromatic carbocycles. The number of fused-ring (bicyclic) bond motifs is 1. The van der Waals surface area contributed by atoms with Crippen LogP contribution in [0.4, 0.5) is 0 Å². The Balaban J connectivity index is 2.38. The van der Waals surface area contributed by atoms with Gasteiger partial charge in [-0.15, -0.1) is 6.58 Å². The molecule has 3 nitrogen and oxygen atoms in total. The summed E-state index contributed by atoms with van der Waals surface area (Å²) in [5, 5.41) is 12.1. The van der Waals surface area contributed by atoms with Gasteiger partial charge in [-0.05, 0) is 59.8 Å². The van der Waals surface area contributed by atoms with Gasteiger partial charge in [0.1, 0.15) is 0 Å². The van der Waals surface area contributed by atoms with E-state index < -0.39 is 14.4 Å². The molecule has 4 heteroatoms. The fourth-order valence-corrected chi connectivity index (χ4v) is 4.07. The molecule has 0 aliphatic heterocycles. The highest BCUT2D eigenvalue weighted by atomic mass is 28.4. The predicted molar refractivity (Wildman–Crippen MR) is 124 cm³/mol. The van der Waals surface area contributed by atoms with Gasteiger partial charge in [-0.25, -0.2) is 0 Å². The average Bonchev–Trinajstić information content (AvgIpc) is 2.93. The molecule has 28 heavy (non-hydrogen) atoms. The van der Waals surface area contributed by atoms with Gasteiger partial charge in [-0.2, -0.15) is 0 Å². The molecular weight excluding hydrogens is 362 g/mol. The van der Waals surface area contributed by atoms with E-state index in [0.29, 0.717) is 13.0 Å². The van der Waals surface area contributed by atoms with E-state index >= 15 is 0 Å². The Morgan fingerprint density at radius 3 is 2.39 bits per heavy atom. The highest BCUT2D eigenvalue weighted by molar-refractivity contribution is 6.74. The molecule has 1 aromatic heterocycles. The quantitative estimate of drug-likeness (QED) is 0.401. The second-order valence-corrected chi connectivity index (χ2v) is 14.3. The number of allylic oxidation sites excluding steroid dienone is 1. The van der Waals surface area contributed by atoms with Crippen molar-refractivity contribution in [3.05, 3.63) is 54.3 Å². The molecule has 154 valence electrons. The third kappa shape index (κ3) is 4.68. The van der Waals surface area contributed by atoms with Crippen molar-refractivity contribution in [1.29, 1.82) is 0 Å². The number of aromatic nitrogens is 1. The third-order valence-corrected chi connectivity index (χ3v) is 10.8. The van der Waals surface area contributed by atoms with Crippen LogP contribution < -0.4 is 0 Å². The summed E-state index contributed by atoms with van der Waals surface area (Å²) in [6, 6.07) is 6.40. The maximum atomic E-state index is 10.7. The lowest BCUT2D eigenvalue weighted by molar-refractivity contribution is 0.155. The van der Waals surface area contributed by atoms with Crippen LogP contribution in [0.2, 0.25) is 18.1 Å². The second kappa shape index (κ2) is 8.40. The van der Waals surface area contributed by atoms with Crippen LogP contribution in [0.1, 0.15) is 57.0 Å². The molecule has 0 saturated heterocycles. The highest BCUT2D eigenvalue weighted by Gasteiger charge is 2.37. The zero-order valence-electron chi connectivity index (χ0n) is 18.7. The summed E-state index contributed by atoms with van der Waals surface area (Å²) >= 11 is 0. The SMILES string of the molecule is C=Cc1cc2c(cc1C(O)CC(C)C=C)cc(CO[Si](C)(C)C(C)(C)C)n2C. The monoisotopic (exact) mass is 399 g/mol. The van der Waals surface area contributed by atoms with Gasteiger partial charge in [0.25, 0.3) is 0 Å². The summed E-state index contributed by atoms with van der Waals surface area (Å²) in [7, 11) is 0.271. The van der Waals surface area contributed by atoms with Crippen LogP contribution in [-0.4, -0.2) is 18.0 Å². The molecule has 0 amide bonds. The Morgan fingerprint density at radius 2 is 1.86 bits per heavy atom. The van der Waals surface area contributed by atoms with E-state index in [1.54, 1.807) is 0 Å². The van der Waals surface area contributed by atoms with Gasteiger partial charge in [0.15, 0.2) is 8.32 Å². The van der Waals surface area contributed by atoms with E-state index in [1.165, 1.54) is 0 Å². The Hall–Kier alpha value is -1.62. The van der Waals surface area contributed by atoms with Crippen molar-refractivity contribution in [2.75, 3.05) is 0 Å². The van der Waals surface area contributed by atoms with Crippen LogP contribution in [0, 0.1) is 5.92 Å². The van der Waals surface area contributed by atoms with Crippen molar-refractivity contribution >= 4 is 25.3 Å². The third-order valence-electron chi connectivity index (χ3n) is 6.31. The normalized spacial score (nSPS) is 14.9. The van der Waals surface area contributed by atoms with Crippen LogP contribution in [-0.2, 0) is 18.1 Å². The van der Waals surface area contributed by atoms with Crippen molar-refractivity contribution in [2.45, 2.75) is 65.0 Å². The van der Waals surface area contributed by atoms with Gasteiger partial charge in [0.2, 0.25) is 0 Å². The molecule has 0 aliphatic carbocycles. The van der Waals surface area contributed by atoms with Crippen LogP contribution in [0.5, 0.6) is 0 Å². The number of aliphatic hydroxyl groups is 1. The second-order valence-electron chi connectivity index (χ2n) is 9.45. The lowest BCUT2D eigenvalue weighted by Gasteiger charge is -2.36. The molecule has 1 heterocycles. The largest absolute Gasteiger partial charge is 0.411 e. The molecule has 0 aliphatic rings. The summed E-state index contributed by atoms with van der Waals surface area (Å²) in [5.74, 6) is 0.257. The first-order chi connectivity index (χ1) is 12.9. The first kappa shape index (κ1) is 22.7. The molecule has 0 saturated carbocycles. The minimum atomic E-state index is -1.81. The predicted octanol–water partition coefficient (Wildman–Crippen LogP) is 6.59. The number of rotatable bonds is 8. The van der Waals surface area contributed by atoms with Crippen LogP contribution >= 0.6 is 0 Å². The summed E-state index contributed by atoms with van der Waals surface area (Å²) in [6.45, 7) is 21.8. The minimum Gasteiger partial charge on any atom is -0.411 e. The Kier molecular flexibility index (Phi) is 6.80. The zero-order chi connectivity index (χ0) is 21.3. The Morgan fingerprint density at radius 1 is 1.21 bits per heavy atom. The smallest absolute Gasteiger partial charge is 0.192 e. The molecule has 0 radical (unpaired) electrons. The van der Waals surface area contributed by atoms with Crippen molar-refractivity contribution in [3.63, 3.8) is 0 Å². The van der Waals surface area contributed by atoms with Crippen LogP contribution in [0.25, 0.3) is 17.0 Å². The minimum absolute atomic E-state index is 0.187. The van der Waals surface area contributed by atoms with Gasteiger partial charge in [0, 0.05) is 23.6 Å². The Labute approximate surface area is 171 Å². The summed E-state index contributed by atoms with van der Waals surface area (Å²) in [6.07, 6.45) is 3.84. The molecule has 1 N–H and O–H groups in total. The van der Waals surface area contributed by atoms with Gasteiger partial charge in [-0.1, -0.05) is 46.4 Å². The number of aryl methyl sites for hydroxylation is 1. The summed E-state index contributed by atoms with van der Waals surface area (Å²) in [5.41, 5.74) is 4.20. The van der Waals surface area contributed by atoms with E-state index in [4.69, 9.17) is 4.43 Å². The Bertz CT molecular complexity index is 858. The van der Waals surface area contributed by atoms with Gasteiger partial charge >= 0.3 is 0 Å². The van der Waals surface area contributed by atoms with E-state index in [1.807, 2.05) is 12.2 Å². The number of hydrogen-bond donors (Lipinski definition) is 1. The topological polar surface area (TPSA) is 34.4 Å². The lowest BCUT2D eigenvalue weighted by atomic mass is 9.93. The van der Waals surface area contributed by atoms with Gasteiger partial charge in [0.05, 0.1) is 12.7 Å². The fourth-order valence-electron chi connectivity index (χ4n) is 3.13.